The van der Waals surface area contributed by atoms with Crippen LogP contribution in [0.4, 0.5) is 4.39 Å². The standard InChI is InChI=1S/C10H15FN2/c1-7(10(2,3)4)8-5-13-9(11)6-12-8/h5-7H,1-4H3. The maximum absolute atomic E-state index is 12.5. The average molecular weight is 182 g/mol. The SMILES string of the molecule is CC(c1cnc(F)cn1)C(C)(C)C. The number of rotatable bonds is 1. The summed E-state index contributed by atoms with van der Waals surface area (Å²) in [6.45, 7) is 8.45. The molecule has 2 nitrogen and oxygen atoms in total. The van der Waals surface area contributed by atoms with Crippen molar-refractivity contribution in [3.63, 3.8) is 0 Å². The third-order valence-electron chi connectivity index (χ3n) is 2.38. The van der Waals surface area contributed by atoms with Crippen LogP contribution in [0.1, 0.15) is 39.3 Å². The molecule has 0 spiro atoms. The average Bonchev–Trinajstić information content (AvgIpc) is 2.03. The molecule has 1 unspecified atom stereocenters. The summed E-state index contributed by atoms with van der Waals surface area (Å²) < 4.78 is 12.5. The molecule has 13 heavy (non-hydrogen) atoms. The van der Waals surface area contributed by atoms with Gasteiger partial charge in [-0.3, -0.25) is 4.98 Å². The molecule has 1 heterocycles. The van der Waals surface area contributed by atoms with Crippen molar-refractivity contribution in [1.29, 1.82) is 0 Å². The summed E-state index contributed by atoms with van der Waals surface area (Å²) in [5, 5.41) is 0. The van der Waals surface area contributed by atoms with E-state index in [-0.39, 0.29) is 11.3 Å². The van der Waals surface area contributed by atoms with Gasteiger partial charge in [0.1, 0.15) is 0 Å². The molecule has 72 valence electrons. The number of aromatic nitrogens is 2. The first-order valence-electron chi connectivity index (χ1n) is 4.38. The zero-order valence-electron chi connectivity index (χ0n) is 8.50. The van der Waals surface area contributed by atoms with Gasteiger partial charge in [0.2, 0.25) is 5.95 Å². The van der Waals surface area contributed by atoms with Gasteiger partial charge in [-0.15, -0.1) is 0 Å². The highest BCUT2D eigenvalue weighted by molar-refractivity contribution is 5.05. The quantitative estimate of drug-likeness (QED) is 0.667. The van der Waals surface area contributed by atoms with Crippen LogP contribution in [0.15, 0.2) is 12.4 Å². The lowest BCUT2D eigenvalue weighted by molar-refractivity contribution is 0.332. The van der Waals surface area contributed by atoms with E-state index in [4.69, 9.17) is 0 Å². The van der Waals surface area contributed by atoms with Crippen molar-refractivity contribution in [2.45, 2.75) is 33.6 Å². The van der Waals surface area contributed by atoms with E-state index in [1.165, 1.54) is 6.20 Å². The maximum Gasteiger partial charge on any atom is 0.231 e. The minimum atomic E-state index is -0.523. The van der Waals surface area contributed by atoms with Crippen molar-refractivity contribution in [1.82, 2.24) is 9.97 Å². The zero-order valence-corrected chi connectivity index (χ0v) is 8.50. The van der Waals surface area contributed by atoms with Gasteiger partial charge in [0, 0.05) is 5.92 Å². The number of hydrogen-bond acceptors (Lipinski definition) is 2. The summed E-state index contributed by atoms with van der Waals surface area (Å²) in [6, 6.07) is 0. The summed E-state index contributed by atoms with van der Waals surface area (Å²) in [4.78, 5) is 7.59. The molecule has 0 aliphatic heterocycles. The molecule has 1 aromatic heterocycles. The first-order valence-corrected chi connectivity index (χ1v) is 4.38. The van der Waals surface area contributed by atoms with E-state index in [1.807, 2.05) is 0 Å². The summed E-state index contributed by atoms with van der Waals surface area (Å²) in [5.74, 6) is -0.245. The fraction of sp³-hybridized carbons (Fsp3) is 0.600. The Hall–Kier alpha value is -0.990. The van der Waals surface area contributed by atoms with Crippen LogP contribution in [0.3, 0.4) is 0 Å². The van der Waals surface area contributed by atoms with E-state index >= 15 is 0 Å². The van der Waals surface area contributed by atoms with Gasteiger partial charge in [-0.1, -0.05) is 27.7 Å². The maximum atomic E-state index is 12.5. The highest BCUT2D eigenvalue weighted by Gasteiger charge is 2.22. The molecule has 1 atom stereocenters. The van der Waals surface area contributed by atoms with Crippen molar-refractivity contribution < 1.29 is 4.39 Å². The Morgan fingerprint density at radius 3 is 2.23 bits per heavy atom. The Morgan fingerprint density at radius 2 is 1.85 bits per heavy atom. The smallest absolute Gasteiger partial charge is 0.231 e. The van der Waals surface area contributed by atoms with Gasteiger partial charge in [0.25, 0.3) is 0 Å². The van der Waals surface area contributed by atoms with Crippen LogP contribution in [-0.4, -0.2) is 9.97 Å². The van der Waals surface area contributed by atoms with E-state index in [0.717, 1.165) is 11.9 Å². The van der Waals surface area contributed by atoms with Crippen LogP contribution in [0.2, 0.25) is 0 Å². The van der Waals surface area contributed by atoms with Crippen LogP contribution in [0, 0.1) is 11.4 Å². The molecule has 1 aromatic rings. The highest BCUT2D eigenvalue weighted by Crippen LogP contribution is 2.32. The summed E-state index contributed by atoms with van der Waals surface area (Å²) in [5.41, 5.74) is 0.973. The van der Waals surface area contributed by atoms with Crippen LogP contribution in [0.5, 0.6) is 0 Å². The molecule has 0 fully saturated rings. The zero-order chi connectivity index (χ0) is 10.1. The molecule has 3 heteroatoms. The molecule has 0 amide bonds. The van der Waals surface area contributed by atoms with Crippen LogP contribution in [-0.2, 0) is 0 Å². The fourth-order valence-electron chi connectivity index (χ4n) is 0.990. The monoisotopic (exact) mass is 182 g/mol. The van der Waals surface area contributed by atoms with E-state index < -0.39 is 5.95 Å². The van der Waals surface area contributed by atoms with E-state index in [1.54, 1.807) is 0 Å². The molecule has 0 radical (unpaired) electrons. The van der Waals surface area contributed by atoms with Gasteiger partial charge < -0.3 is 0 Å². The second-order valence-corrected chi connectivity index (χ2v) is 4.35. The molecule has 0 saturated carbocycles. The molecule has 0 aromatic carbocycles. The molecule has 1 rings (SSSR count). The summed E-state index contributed by atoms with van der Waals surface area (Å²) >= 11 is 0. The van der Waals surface area contributed by atoms with Crippen LogP contribution >= 0.6 is 0 Å². The van der Waals surface area contributed by atoms with Crippen molar-refractivity contribution >= 4 is 0 Å². The first kappa shape index (κ1) is 10.1. The van der Waals surface area contributed by atoms with Gasteiger partial charge in [-0.05, 0) is 5.41 Å². The Bertz CT molecular complexity index is 274. The van der Waals surface area contributed by atoms with Crippen LogP contribution in [0.25, 0.3) is 0 Å². The first-order chi connectivity index (χ1) is 5.91. The Labute approximate surface area is 78.2 Å². The fourth-order valence-corrected chi connectivity index (χ4v) is 0.990. The van der Waals surface area contributed by atoms with Gasteiger partial charge in [0.05, 0.1) is 18.1 Å². The Balaban J connectivity index is 2.90. The highest BCUT2D eigenvalue weighted by atomic mass is 19.1. The number of hydrogen-bond donors (Lipinski definition) is 0. The molecule has 0 aliphatic carbocycles. The Kier molecular flexibility index (Phi) is 2.64. The molecule has 0 N–H and O–H groups in total. The summed E-state index contributed by atoms with van der Waals surface area (Å²) in [6.07, 6.45) is 2.67. The molecular weight excluding hydrogens is 167 g/mol. The van der Waals surface area contributed by atoms with Gasteiger partial charge in [0.15, 0.2) is 0 Å². The van der Waals surface area contributed by atoms with Crippen molar-refractivity contribution in [2.24, 2.45) is 5.41 Å². The second kappa shape index (κ2) is 3.40. The lowest BCUT2D eigenvalue weighted by atomic mass is 9.80. The third kappa shape index (κ3) is 2.47. The topological polar surface area (TPSA) is 25.8 Å². The van der Waals surface area contributed by atoms with Gasteiger partial charge >= 0.3 is 0 Å². The normalized spacial score (nSPS) is 14.2. The lowest BCUT2D eigenvalue weighted by Gasteiger charge is -2.26. The second-order valence-electron chi connectivity index (χ2n) is 4.35. The number of halogens is 1. The molecule has 0 saturated heterocycles. The van der Waals surface area contributed by atoms with E-state index in [0.29, 0.717) is 0 Å². The Morgan fingerprint density at radius 1 is 1.23 bits per heavy atom. The minimum absolute atomic E-state index is 0.131. The lowest BCUT2D eigenvalue weighted by Crippen LogP contribution is -2.16. The van der Waals surface area contributed by atoms with Gasteiger partial charge in [-0.2, -0.15) is 4.39 Å². The minimum Gasteiger partial charge on any atom is -0.255 e. The van der Waals surface area contributed by atoms with Crippen molar-refractivity contribution in [3.8, 4) is 0 Å². The van der Waals surface area contributed by atoms with E-state index in [2.05, 4.69) is 37.7 Å². The molecule has 0 aliphatic rings. The van der Waals surface area contributed by atoms with Crippen LogP contribution < -0.4 is 0 Å². The predicted molar refractivity (Wildman–Crippen MR) is 49.9 cm³/mol. The third-order valence-corrected chi connectivity index (χ3v) is 2.38. The molecule has 0 bridgehead atoms. The van der Waals surface area contributed by atoms with Crippen molar-refractivity contribution in [2.75, 3.05) is 0 Å². The van der Waals surface area contributed by atoms with E-state index in [9.17, 15) is 4.39 Å². The largest absolute Gasteiger partial charge is 0.255 e. The predicted octanol–water partition coefficient (Wildman–Crippen LogP) is 2.77. The summed E-state index contributed by atoms with van der Waals surface area (Å²) in [7, 11) is 0. The van der Waals surface area contributed by atoms with Crippen molar-refractivity contribution in [3.05, 3.63) is 24.0 Å². The molecular formula is C10H15FN2. The number of nitrogens with zero attached hydrogens (tertiary/aromatic N) is 2. The van der Waals surface area contributed by atoms with Gasteiger partial charge in [-0.25, -0.2) is 4.98 Å².